The molecule has 0 bridgehead atoms. The van der Waals surface area contributed by atoms with Crippen LogP contribution in [0.5, 0.6) is 5.75 Å². The molecule has 0 spiro atoms. The lowest BCUT2D eigenvalue weighted by molar-refractivity contribution is -0.137. The van der Waals surface area contributed by atoms with E-state index in [0.29, 0.717) is 5.57 Å². The largest absolute Gasteiger partial charge is 0.478 e. The highest BCUT2D eigenvalue weighted by atomic mass is 19.4. The first-order valence-electron chi connectivity index (χ1n) is 5.21. The van der Waals surface area contributed by atoms with Crippen LogP contribution in [0.15, 0.2) is 36.4 Å². The molecule has 1 rings (SSSR count). The molecule has 0 radical (unpaired) electrons. The molecule has 5 heteroatoms. The third kappa shape index (κ3) is 3.61. The van der Waals surface area contributed by atoms with Crippen LogP contribution in [-0.4, -0.2) is 11.9 Å². The summed E-state index contributed by atoms with van der Waals surface area (Å²) in [5.74, 6) is -0.312. The topological polar surface area (TPSA) is 26.3 Å². The van der Waals surface area contributed by atoms with Crippen molar-refractivity contribution in [3.63, 3.8) is 0 Å². The van der Waals surface area contributed by atoms with Crippen LogP contribution in [0.3, 0.4) is 0 Å². The van der Waals surface area contributed by atoms with Gasteiger partial charge in [-0.15, -0.1) is 0 Å². The number of Topliss-reactive ketones (excluding diaryl/α,β-unsaturated/α-hetero) is 1. The van der Waals surface area contributed by atoms with Gasteiger partial charge in [0.15, 0.2) is 11.9 Å². The lowest BCUT2D eigenvalue weighted by Crippen LogP contribution is -2.26. The van der Waals surface area contributed by atoms with Crippen molar-refractivity contribution < 1.29 is 22.7 Å². The van der Waals surface area contributed by atoms with E-state index in [1.165, 1.54) is 19.1 Å². The Balaban J connectivity index is 2.98. The zero-order valence-electron chi connectivity index (χ0n) is 10.0. The van der Waals surface area contributed by atoms with Crippen LogP contribution in [0.4, 0.5) is 13.2 Å². The lowest BCUT2D eigenvalue weighted by atomic mass is 10.1. The van der Waals surface area contributed by atoms with Gasteiger partial charge in [-0.2, -0.15) is 13.2 Å². The molecule has 0 saturated heterocycles. The van der Waals surface area contributed by atoms with E-state index >= 15 is 0 Å². The number of ether oxygens (including phenoxy) is 1. The van der Waals surface area contributed by atoms with Crippen molar-refractivity contribution in [2.75, 3.05) is 0 Å². The monoisotopic (exact) mass is 258 g/mol. The zero-order valence-corrected chi connectivity index (χ0v) is 10.0. The number of carbonyl (C=O) groups is 1. The molecule has 0 amide bonds. The summed E-state index contributed by atoms with van der Waals surface area (Å²) < 4.78 is 42.7. The fraction of sp³-hybridized carbons (Fsp3) is 0.308. The Kier molecular flexibility index (Phi) is 4.16. The lowest BCUT2D eigenvalue weighted by Gasteiger charge is -2.17. The Morgan fingerprint density at radius 3 is 2.39 bits per heavy atom. The molecule has 0 unspecified atom stereocenters. The Hall–Kier alpha value is -1.78. The molecule has 98 valence electrons. The van der Waals surface area contributed by atoms with Crippen LogP contribution in [-0.2, 0) is 11.0 Å². The van der Waals surface area contributed by atoms with Gasteiger partial charge < -0.3 is 4.74 Å². The molecule has 18 heavy (non-hydrogen) atoms. The maximum absolute atomic E-state index is 12.5. The molecule has 1 aromatic carbocycles. The van der Waals surface area contributed by atoms with Crippen LogP contribution >= 0.6 is 0 Å². The van der Waals surface area contributed by atoms with Crippen LogP contribution < -0.4 is 4.74 Å². The number of carbonyl (C=O) groups excluding carboxylic acids is 1. The van der Waals surface area contributed by atoms with E-state index < -0.39 is 17.8 Å². The van der Waals surface area contributed by atoms with E-state index in [-0.39, 0.29) is 11.5 Å². The number of hydrogen-bond donors (Lipinski definition) is 0. The van der Waals surface area contributed by atoms with E-state index in [4.69, 9.17) is 4.74 Å². The predicted octanol–water partition coefficient (Wildman–Crippen LogP) is 3.62. The van der Waals surface area contributed by atoms with E-state index in [0.717, 1.165) is 12.1 Å². The van der Waals surface area contributed by atoms with Gasteiger partial charge in [0.2, 0.25) is 0 Å². The standard InChI is InChI=1S/C13H13F3O2/c1-8(2)12(9(3)17)18-11-6-4-5-10(7-11)13(14,15)16/h4-7,12H,1H2,2-3H3/t12-/m1/s1. The molecule has 1 aromatic rings. The van der Waals surface area contributed by atoms with Gasteiger partial charge in [0.05, 0.1) is 5.56 Å². The number of hydrogen-bond acceptors (Lipinski definition) is 2. The molecule has 0 heterocycles. The summed E-state index contributed by atoms with van der Waals surface area (Å²) in [4.78, 5) is 11.3. The van der Waals surface area contributed by atoms with Crippen LogP contribution in [0, 0.1) is 0 Å². The van der Waals surface area contributed by atoms with Gasteiger partial charge in [0.25, 0.3) is 0 Å². The van der Waals surface area contributed by atoms with Crippen molar-refractivity contribution in [2.24, 2.45) is 0 Å². The fourth-order valence-electron chi connectivity index (χ4n) is 1.41. The van der Waals surface area contributed by atoms with Crippen molar-refractivity contribution in [3.8, 4) is 5.75 Å². The van der Waals surface area contributed by atoms with Gasteiger partial charge in [-0.3, -0.25) is 4.79 Å². The van der Waals surface area contributed by atoms with Crippen molar-refractivity contribution in [2.45, 2.75) is 26.1 Å². The van der Waals surface area contributed by atoms with Gasteiger partial charge in [-0.25, -0.2) is 0 Å². The highest BCUT2D eigenvalue weighted by Crippen LogP contribution is 2.31. The normalized spacial score (nSPS) is 12.9. The minimum atomic E-state index is -4.44. The third-order valence-corrected chi connectivity index (χ3v) is 2.23. The molecule has 2 nitrogen and oxygen atoms in total. The summed E-state index contributed by atoms with van der Waals surface area (Å²) in [6.45, 7) is 6.46. The number of rotatable bonds is 4. The van der Waals surface area contributed by atoms with Gasteiger partial charge >= 0.3 is 6.18 Å². The molecule has 0 aromatic heterocycles. The summed E-state index contributed by atoms with van der Waals surface area (Å²) >= 11 is 0. The number of ketones is 1. The van der Waals surface area contributed by atoms with E-state index in [2.05, 4.69) is 6.58 Å². The Bertz CT molecular complexity index is 450. The second-order valence-electron chi connectivity index (χ2n) is 3.98. The number of alkyl halides is 3. The Morgan fingerprint density at radius 2 is 1.94 bits per heavy atom. The summed E-state index contributed by atoms with van der Waals surface area (Å²) in [6.07, 6.45) is -5.36. The van der Waals surface area contributed by atoms with Gasteiger partial charge in [-0.1, -0.05) is 12.6 Å². The minimum absolute atomic E-state index is 0.00646. The van der Waals surface area contributed by atoms with Gasteiger partial charge in [-0.05, 0) is 37.6 Å². The molecule has 0 saturated carbocycles. The second-order valence-corrected chi connectivity index (χ2v) is 3.98. The first kappa shape index (κ1) is 14.3. The van der Waals surface area contributed by atoms with Crippen LogP contribution in [0.25, 0.3) is 0 Å². The molecule has 0 fully saturated rings. The smallest absolute Gasteiger partial charge is 0.416 e. The summed E-state index contributed by atoms with van der Waals surface area (Å²) in [5.41, 5.74) is -0.371. The molecular weight excluding hydrogens is 245 g/mol. The quantitative estimate of drug-likeness (QED) is 0.771. The highest BCUT2D eigenvalue weighted by Gasteiger charge is 2.31. The molecule has 0 N–H and O–H groups in total. The first-order valence-corrected chi connectivity index (χ1v) is 5.21. The molecule has 0 aliphatic rings. The SMILES string of the molecule is C=C(C)[C@@H](Oc1cccc(C(F)(F)F)c1)C(C)=O. The van der Waals surface area contributed by atoms with Crippen LogP contribution in [0.1, 0.15) is 19.4 Å². The fourth-order valence-corrected chi connectivity index (χ4v) is 1.41. The maximum Gasteiger partial charge on any atom is 0.416 e. The first-order chi connectivity index (χ1) is 8.21. The number of halogens is 3. The predicted molar refractivity (Wildman–Crippen MR) is 61.4 cm³/mol. The summed E-state index contributed by atoms with van der Waals surface area (Å²) in [7, 11) is 0. The Labute approximate surface area is 103 Å². The second kappa shape index (κ2) is 5.25. The van der Waals surface area contributed by atoms with E-state index in [9.17, 15) is 18.0 Å². The average Bonchev–Trinajstić information content (AvgIpc) is 2.24. The molecular formula is C13H13F3O2. The van der Waals surface area contributed by atoms with Crippen molar-refractivity contribution >= 4 is 5.78 Å². The van der Waals surface area contributed by atoms with Crippen LogP contribution in [0.2, 0.25) is 0 Å². The number of benzene rings is 1. The minimum Gasteiger partial charge on any atom is -0.478 e. The summed E-state index contributed by atoms with van der Waals surface area (Å²) in [5, 5.41) is 0. The maximum atomic E-state index is 12.5. The van der Waals surface area contributed by atoms with Gasteiger partial charge in [0.1, 0.15) is 5.75 Å². The van der Waals surface area contributed by atoms with Crippen molar-refractivity contribution in [3.05, 3.63) is 42.0 Å². The Morgan fingerprint density at radius 1 is 1.33 bits per heavy atom. The van der Waals surface area contributed by atoms with Crippen molar-refractivity contribution in [1.82, 2.24) is 0 Å². The third-order valence-electron chi connectivity index (χ3n) is 2.23. The molecule has 0 aliphatic carbocycles. The summed E-state index contributed by atoms with van der Waals surface area (Å²) in [6, 6.07) is 4.40. The zero-order chi connectivity index (χ0) is 13.9. The van der Waals surface area contributed by atoms with Gasteiger partial charge in [0, 0.05) is 0 Å². The van der Waals surface area contributed by atoms with Crippen molar-refractivity contribution in [1.29, 1.82) is 0 Å². The molecule has 0 aliphatic heterocycles. The van der Waals surface area contributed by atoms with E-state index in [1.807, 2.05) is 0 Å². The van der Waals surface area contributed by atoms with E-state index in [1.54, 1.807) is 6.92 Å². The molecule has 1 atom stereocenters. The highest BCUT2D eigenvalue weighted by molar-refractivity contribution is 5.83. The average molecular weight is 258 g/mol.